The zero-order chi connectivity index (χ0) is 23.7. The first-order chi connectivity index (χ1) is 16.5. The van der Waals surface area contributed by atoms with Gasteiger partial charge in [0.25, 0.3) is 5.91 Å². The largest absolute Gasteiger partial charge is 0.454 e. The number of rotatable bonds is 7. The van der Waals surface area contributed by atoms with Gasteiger partial charge in [0.15, 0.2) is 11.5 Å². The first-order valence-electron chi connectivity index (χ1n) is 11.2. The summed E-state index contributed by atoms with van der Waals surface area (Å²) >= 11 is 0. The number of ether oxygens (including phenoxy) is 3. The zero-order valence-electron chi connectivity index (χ0n) is 19.1. The van der Waals surface area contributed by atoms with Crippen molar-refractivity contribution in [3.63, 3.8) is 0 Å². The van der Waals surface area contributed by atoms with Crippen molar-refractivity contribution >= 4 is 11.8 Å². The molecular formula is C25H26FN3O5. The van der Waals surface area contributed by atoms with Crippen LogP contribution >= 0.6 is 0 Å². The van der Waals surface area contributed by atoms with E-state index in [1.165, 1.54) is 6.07 Å². The molecule has 1 unspecified atom stereocenters. The van der Waals surface area contributed by atoms with E-state index in [1.807, 2.05) is 14.1 Å². The summed E-state index contributed by atoms with van der Waals surface area (Å²) in [5.74, 6) is 1.01. The van der Waals surface area contributed by atoms with Gasteiger partial charge in [-0.2, -0.15) is 0 Å². The van der Waals surface area contributed by atoms with Gasteiger partial charge in [-0.15, -0.1) is 0 Å². The monoisotopic (exact) mass is 467 g/mol. The molecule has 1 fully saturated rings. The van der Waals surface area contributed by atoms with Gasteiger partial charge in [-0.05, 0) is 43.2 Å². The average molecular weight is 467 g/mol. The van der Waals surface area contributed by atoms with Crippen molar-refractivity contribution in [2.45, 2.75) is 25.5 Å². The molecule has 1 saturated heterocycles. The van der Waals surface area contributed by atoms with Gasteiger partial charge in [-0.25, -0.2) is 4.39 Å². The molecule has 2 aliphatic heterocycles. The molecule has 34 heavy (non-hydrogen) atoms. The molecule has 0 aliphatic carbocycles. The molecule has 2 aromatic carbocycles. The molecule has 1 atom stereocenters. The van der Waals surface area contributed by atoms with Gasteiger partial charge in [0, 0.05) is 38.4 Å². The highest BCUT2D eigenvalue weighted by atomic mass is 19.1. The fourth-order valence-electron chi connectivity index (χ4n) is 4.32. The Morgan fingerprint density at radius 2 is 1.97 bits per heavy atom. The summed E-state index contributed by atoms with van der Waals surface area (Å²) in [6, 6.07) is 11.5. The lowest BCUT2D eigenvalue weighted by molar-refractivity contribution is 0.0507. The van der Waals surface area contributed by atoms with Crippen LogP contribution in [-0.4, -0.2) is 56.1 Å². The molecule has 3 aromatic rings. The summed E-state index contributed by atoms with van der Waals surface area (Å²) in [5, 5.41) is 4.17. The van der Waals surface area contributed by atoms with Gasteiger partial charge in [-0.1, -0.05) is 17.3 Å². The number of hydrogen-bond donors (Lipinski definition) is 0. The summed E-state index contributed by atoms with van der Waals surface area (Å²) in [6.07, 6.45) is 1.75. The van der Waals surface area contributed by atoms with Crippen LogP contribution in [0, 0.1) is 5.82 Å². The number of amides is 1. The van der Waals surface area contributed by atoms with Crippen molar-refractivity contribution in [3.05, 3.63) is 59.4 Å². The maximum atomic E-state index is 14.7. The normalized spacial score (nSPS) is 16.6. The minimum Gasteiger partial charge on any atom is -0.454 e. The zero-order valence-corrected chi connectivity index (χ0v) is 19.1. The molecule has 178 valence electrons. The Hall–Kier alpha value is -3.59. The minimum atomic E-state index is -0.407. The molecule has 0 spiro atoms. The third-order valence-corrected chi connectivity index (χ3v) is 6.01. The number of hydrogen-bond acceptors (Lipinski definition) is 7. The van der Waals surface area contributed by atoms with Gasteiger partial charge in [0.2, 0.25) is 12.7 Å². The molecule has 1 aromatic heterocycles. The van der Waals surface area contributed by atoms with Crippen LogP contribution in [0.25, 0.3) is 11.3 Å². The summed E-state index contributed by atoms with van der Waals surface area (Å²) in [4.78, 5) is 17.2. The van der Waals surface area contributed by atoms with Gasteiger partial charge in [0.1, 0.15) is 11.5 Å². The second kappa shape index (κ2) is 9.34. The van der Waals surface area contributed by atoms with E-state index in [-0.39, 0.29) is 25.3 Å². The van der Waals surface area contributed by atoms with Gasteiger partial charge >= 0.3 is 0 Å². The van der Waals surface area contributed by atoms with E-state index in [2.05, 4.69) is 5.16 Å². The molecule has 8 nitrogen and oxygen atoms in total. The van der Waals surface area contributed by atoms with E-state index < -0.39 is 5.82 Å². The Morgan fingerprint density at radius 1 is 1.15 bits per heavy atom. The Kier molecular flexibility index (Phi) is 6.10. The van der Waals surface area contributed by atoms with Crippen LogP contribution in [-0.2, 0) is 11.3 Å². The van der Waals surface area contributed by atoms with Gasteiger partial charge in [-0.3, -0.25) is 4.79 Å². The average Bonchev–Trinajstić information content (AvgIpc) is 3.59. The van der Waals surface area contributed by atoms with Crippen LogP contribution in [0.3, 0.4) is 0 Å². The highest BCUT2D eigenvalue weighted by Gasteiger charge is 2.29. The lowest BCUT2D eigenvalue weighted by Gasteiger charge is -2.26. The first kappa shape index (κ1) is 22.2. The van der Waals surface area contributed by atoms with Crippen molar-refractivity contribution in [2.75, 3.05) is 38.9 Å². The van der Waals surface area contributed by atoms with E-state index in [9.17, 15) is 9.18 Å². The summed E-state index contributed by atoms with van der Waals surface area (Å²) in [7, 11) is 3.64. The van der Waals surface area contributed by atoms with Crippen LogP contribution < -0.4 is 14.4 Å². The molecule has 1 amide bonds. The lowest BCUT2D eigenvalue weighted by Crippen LogP contribution is -2.37. The molecule has 0 radical (unpaired) electrons. The predicted molar refractivity (Wildman–Crippen MR) is 123 cm³/mol. The number of benzene rings is 2. The second-order valence-corrected chi connectivity index (χ2v) is 8.58. The molecule has 0 saturated carbocycles. The summed E-state index contributed by atoms with van der Waals surface area (Å²) < 4.78 is 36.9. The van der Waals surface area contributed by atoms with E-state index in [0.717, 1.165) is 12.8 Å². The van der Waals surface area contributed by atoms with Gasteiger partial charge in [0.05, 0.1) is 18.2 Å². The fraction of sp³-hybridized carbons (Fsp3) is 0.360. The number of aromatic nitrogens is 1. The lowest BCUT2D eigenvalue weighted by atomic mass is 10.0. The maximum absolute atomic E-state index is 14.7. The Labute approximate surface area is 196 Å². The number of carbonyl (C=O) groups excluding carboxylic acids is 1. The van der Waals surface area contributed by atoms with Crippen LogP contribution in [0.4, 0.5) is 10.3 Å². The Morgan fingerprint density at radius 3 is 2.74 bits per heavy atom. The molecular weight excluding hydrogens is 441 g/mol. The number of anilines is 1. The third-order valence-electron chi connectivity index (χ3n) is 6.01. The highest BCUT2D eigenvalue weighted by Crippen LogP contribution is 2.35. The van der Waals surface area contributed by atoms with Crippen LogP contribution in [0.2, 0.25) is 0 Å². The van der Waals surface area contributed by atoms with Crippen molar-refractivity contribution in [1.29, 1.82) is 0 Å². The number of fused-ring (bicyclic) bond motifs is 1. The number of nitrogens with zero attached hydrogens (tertiary/aromatic N) is 3. The minimum absolute atomic E-state index is 0.0717. The van der Waals surface area contributed by atoms with Gasteiger partial charge < -0.3 is 28.5 Å². The Balaban J connectivity index is 1.52. The van der Waals surface area contributed by atoms with Crippen molar-refractivity contribution in [3.8, 4) is 22.8 Å². The molecule has 2 aliphatic rings. The number of halogens is 1. The molecule has 3 heterocycles. The molecule has 5 rings (SSSR count). The SMILES string of the molecule is CN(C)c1onc(-c2ccccc2F)c1CN(CC1CCCO1)C(=O)c1ccc2c(c1)OCO2. The quantitative estimate of drug-likeness (QED) is 0.518. The van der Waals surface area contributed by atoms with Crippen LogP contribution in [0.1, 0.15) is 28.8 Å². The number of carbonyl (C=O) groups is 1. The molecule has 0 bridgehead atoms. The second-order valence-electron chi connectivity index (χ2n) is 8.58. The van der Waals surface area contributed by atoms with Crippen molar-refractivity contribution < 1.29 is 27.9 Å². The highest BCUT2D eigenvalue weighted by molar-refractivity contribution is 5.95. The summed E-state index contributed by atoms with van der Waals surface area (Å²) in [6.45, 7) is 1.37. The van der Waals surface area contributed by atoms with Crippen LogP contribution in [0.15, 0.2) is 47.0 Å². The molecule has 0 N–H and O–H groups in total. The Bertz CT molecular complexity index is 1190. The van der Waals surface area contributed by atoms with E-state index >= 15 is 0 Å². The topological polar surface area (TPSA) is 77.3 Å². The maximum Gasteiger partial charge on any atom is 0.254 e. The molecule has 9 heteroatoms. The fourth-order valence-corrected chi connectivity index (χ4v) is 4.32. The smallest absolute Gasteiger partial charge is 0.254 e. The standard InChI is InChI=1S/C25H26FN3O5/c1-28(2)25-19(23(27-34-25)18-7-3-4-8-20(18)26)14-29(13-17-6-5-11-31-17)24(30)16-9-10-21-22(12-16)33-15-32-21/h3-4,7-10,12,17H,5-6,11,13-15H2,1-2H3. The summed E-state index contributed by atoms with van der Waals surface area (Å²) in [5.41, 5.74) is 1.79. The van der Waals surface area contributed by atoms with Crippen LogP contribution in [0.5, 0.6) is 11.5 Å². The predicted octanol–water partition coefficient (Wildman–Crippen LogP) is 4.10. The van der Waals surface area contributed by atoms with Crippen molar-refractivity contribution in [2.24, 2.45) is 0 Å². The third kappa shape index (κ3) is 4.31. The first-order valence-corrected chi connectivity index (χ1v) is 11.2. The van der Waals surface area contributed by atoms with E-state index in [0.29, 0.717) is 52.9 Å². The van der Waals surface area contributed by atoms with E-state index in [4.69, 9.17) is 18.7 Å². The van der Waals surface area contributed by atoms with E-state index in [1.54, 1.807) is 46.2 Å². The van der Waals surface area contributed by atoms with Crippen molar-refractivity contribution in [1.82, 2.24) is 10.1 Å².